The molecule has 6 nitrogen and oxygen atoms in total. The number of alkyl halides is 3. The summed E-state index contributed by atoms with van der Waals surface area (Å²) in [7, 11) is 0. The Morgan fingerprint density at radius 3 is 2.30 bits per heavy atom. The molecule has 3 rings (SSSR count). The first-order chi connectivity index (χ1) is 15.4. The van der Waals surface area contributed by atoms with Gasteiger partial charge in [-0.05, 0) is 30.3 Å². The van der Waals surface area contributed by atoms with Crippen LogP contribution >= 0.6 is 11.6 Å². The predicted molar refractivity (Wildman–Crippen MR) is 105 cm³/mol. The monoisotopic (exact) mass is 491 g/mol. The number of hydrogen-bond acceptors (Lipinski definition) is 4. The van der Waals surface area contributed by atoms with Crippen molar-refractivity contribution in [3.63, 3.8) is 0 Å². The van der Waals surface area contributed by atoms with Crippen LogP contribution in [0.25, 0.3) is 16.9 Å². The van der Waals surface area contributed by atoms with E-state index in [1.165, 1.54) is 6.07 Å². The maximum Gasteiger partial charge on any atom is 0.416 e. The second kappa shape index (κ2) is 9.24. The van der Waals surface area contributed by atoms with Crippen LogP contribution < -0.4 is 10.9 Å². The van der Waals surface area contributed by atoms with Crippen LogP contribution in [-0.4, -0.2) is 39.6 Å². The van der Waals surface area contributed by atoms with E-state index in [1.54, 1.807) is 5.32 Å². The van der Waals surface area contributed by atoms with Crippen molar-refractivity contribution in [2.45, 2.75) is 12.3 Å². The summed E-state index contributed by atoms with van der Waals surface area (Å²) in [6, 6.07) is 6.12. The highest BCUT2D eigenvalue weighted by atomic mass is 35.5. The zero-order valence-electron chi connectivity index (χ0n) is 16.1. The van der Waals surface area contributed by atoms with Gasteiger partial charge in [-0.2, -0.15) is 23.0 Å². The molecular weight excluding hydrogens is 480 g/mol. The van der Waals surface area contributed by atoms with E-state index in [1.807, 2.05) is 0 Å². The Labute approximate surface area is 186 Å². The van der Waals surface area contributed by atoms with Gasteiger partial charge in [-0.1, -0.05) is 17.7 Å². The molecule has 0 saturated heterocycles. The summed E-state index contributed by atoms with van der Waals surface area (Å²) in [6.07, 6.45) is -7.94. The first-order valence-electron chi connectivity index (χ1n) is 8.96. The van der Waals surface area contributed by atoms with Crippen molar-refractivity contribution in [3.8, 4) is 16.9 Å². The van der Waals surface area contributed by atoms with E-state index in [9.17, 15) is 35.9 Å². The van der Waals surface area contributed by atoms with Crippen molar-refractivity contribution in [2.24, 2.45) is 0 Å². The molecule has 0 radical (unpaired) electrons. The number of nitrogens with zero attached hydrogens (tertiary/aromatic N) is 2. The van der Waals surface area contributed by atoms with Crippen LogP contribution in [0.3, 0.4) is 0 Å². The van der Waals surface area contributed by atoms with E-state index in [4.69, 9.17) is 16.7 Å². The lowest BCUT2D eigenvalue weighted by molar-refractivity contribution is -0.201. The van der Waals surface area contributed by atoms with Crippen LogP contribution in [0, 0.1) is 17.5 Å². The van der Waals surface area contributed by atoms with Crippen LogP contribution in [0.4, 0.5) is 26.3 Å². The Bertz CT molecular complexity index is 1260. The van der Waals surface area contributed by atoms with Crippen molar-refractivity contribution in [1.82, 2.24) is 15.1 Å². The highest BCUT2D eigenvalue weighted by Crippen LogP contribution is 2.24. The number of hydrogen-bond donors (Lipinski definition) is 2. The molecule has 3 aromatic rings. The lowest BCUT2D eigenvalue weighted by Crippen LogP contribution is -2.42. The number of carbonyl (C=O) groups is 1. The fourth-order valence-electron chi connectivity index (χ4n) is 2.69. The van der Waals surface area contributed by atoms with Crippen LogP contribution in [-0.2, 0) is 0 Å². The molecule has 1 heterocycles. The molecule has 2 N–H and O–H groups in total. The molecule has 0 aliphatic carbocycles. The average molecular weight is 492 g/mol. The zero-order chi connectivity index (χ0) is 24.5. The topological polar surface area (TPSA) is 84.2 Å². The van der Waals surface area contributed by atoms with Crippen molar-refractivity contribution < 1.29 is 36.2 Å². The normalized spacial score (nSPS) is 12.5. The summed E-state index contributed by atoms with van der Waals surface area (Å²) >= 11 is 5.63. The Balaban J connectivity index is 2.14. The van der Waals surface area contributed by atoms with Gasteiger partial charge in [0, 0.05) is 11.6 Å². The largest absolute Gasteiger partial charge is 0.416 e. The number of halogens is 7. The maximum atomic E-state index is 13.9. The summed E-state index contributed by atoms with van der Waals surface area (Å²) < 4.78 is 79.2. The number of nitrogens with one attached hydrogen (secondary N) is 1. The molecule has 2 aromatic carbocycles. The van der Waals surface area contributed by atoms with Crippen molar-refractivity contribution in [2.75, 3.05) is 6.54 Å². The first-order valence-corrected chi connectivity index (χ1v) is 9.34. The molecule has 1 amide bonds. The Kier molecular flexibility index (Phi) is 6.79. The summed E-state index contributed by atoms with van der Waals surface area (Å²) in [4.78, 5) is 25.2. The summed E-state index contributed by atoms with van der Waals surface area (Å²) in [6.45, 7) is -1.27. The number of carbonyl (C=O) groups excluding carboxylic acids is 1. The number of benzene rings is 2. The molecule has 1 atom stereocenters. The highest BCUT2D eigenvalue weighted by Gasteiger charge is 2.38. The lowest BCUT2D eigenvalue weighted by atomic mass is 10.1. The van der Waals surface area contributed by atoms with Gasteiger partial charge in [0.25, 0.3) is 11.5 Å². The van der Waals surface area contributed by atoms with Crippen LogP contribution in [0.2, 0.25) is 5.02 Å². The van der Waals surface area contributed by atoms with Gasteiger partial charge in [-0.3, -0.25) is 9.59 Å². The van der Waals surface area contributed by atoms with Gasteiger partial charge >= 0.3 is 6.18 Å². The van der Waals surface area contributed by atoms with E-state index < -0.39 is 59.0 Å². The highest BCUT2D eigenvalue weighted by molar-refractivity contribution is 6.30. The van der Waals surface area contributed by atoms with Gasteiger partial charge in [0.15, 0.2) is 6.10 Å². The Morgan fingerprint density at radius 1 is 1.09 bits per heavy atom. The van der Waals surface area contributed by atoms with E-state index in [0.29, 0.717) is 10.7 Å². The quantitative estimate of drug-likeness (QED) is 0.534. The minimum absolute atomic E-state index is 0.00750. The fourth-order valence-corrected chi connectivity index (χ4v) is 2.81. The van der Waals surface area contributed by atoms with Crippen LogP contribution in [0.15, 0.2) is 47.3 Å². The molecular formula is C20H12ClF6N3O3. The molecule has 33 heavy (non-hydrogen) atoms. The second-order valence-electron chi connectivity index (χ2n) is 6.68. The van der Waals surface area contributed by atoms with Gasteiger partial charge < -0.3 is 10.4 Å². The summed E-state index contributed by atoms with van der Waals surface area (Å²) in [5.74, 6) is -4.39. The molecule has 0 spiro atoms. The van der Waals surface area contributed by atoms with Crippen molar-refractivity contribution in [3.05, 3.63) is 80.9 Å². The molecule has 13 heteroatoms. The molecule has 0 bridgehead atoms. The number of aliphatic hydroxyl groups excluding tert-OH is 1. The van der Waals surface area contributed by atoms with Gasteiger partial charge in [0.2, 0.25) is 0 Å². The fraction of sp³-hybridized carbons (Fsp3) is 0.150. The minimum atomic E-state index is -5.03. The lowest BCUT2D eigenvalue weighted by Gasteiger charge is -2.15. The second-order valence-corrected chi connectivity index (χ2v) is 7.09. The van der Waals surface area contributed by atoms with E-state index in [-0.39, 0.29) is 16.3 Å². The first kappa shape index (κ1) is 24.3. The summed E-state index contributed by atoms with van der Waals surface area (Å²) in [5, 5.41) is 14.5. The SMILES string of the molecule is O=C(NCC(O)C(F)(F)F)c1cc(-c2ccc(Cl)c(F)c2)nn(-c2cc(F)cc(F)c2)c1=O. The van der Waals surface area contributed by atoms with Gasteiger partial charge in [0.05, 0.1) is 22.9 Å². The third-order valence-corrected chi connectivity index (χ3v) is 4.60. The zero-order valence-corrected chi connectivity index (χ0v) is 16.9. The summed E-state index contributed by atoms with van der Waals surface area (Å²) in [5.41, 5.74) is -2.71. The third-order valence-electron chi connectivity index (χ3n) is 4.30. The molecule has 0 saturated carbocycles. The van der Waals surface area contributed by atoms with Crippen LogP contribution in [0.5, 0.6) is 0 Å². The molecule has 0 fully saturated rings. The average Bonchev–Trinajstić information content (AvgIpc) is 2.72. The number of amides is 1. The van der Waals surface area contributed by atoms with Gasteiger partial charge in [0.1, 0.15) is 23.0 Å². The maximum absolute atomic E-state index is 13.9. The molecule has 174 valence electrons. The Morgan fingerprint density at radius 2 is 1.73 bits per heavy atom. The van der Waals surface area contributed by atoms with Gasteiger partial charge in [-0.25, -0.2) is 13.2 Å². The molecule has 0 aliphatic rings. The molecule has 0 aliphatic heterocycles. The van der Waals surface area contributed by atoms with E-state index >= 15 is 0 Å². The number of aliphatic hydroxyl groups is 1. The predicted octanol–water partition coefficient (Wildman–Crippen LogP) is 3.62. The van der Waals surface area contributed by atoms with Crippen molar-refractivity contribution in [1.29, 1.82) is 0 Å². The van der Waals surface area contributed by atoms with E-state index in [2.05, 4.69) is 5.10 Å². The number of aromatic nitrogens is 2. The third kappa shape index (κ3) is 5.52. The van der Waals surface area contributed by atoms with Crippen LogP contribution in [0.1, 0.15) is 10.4 Å². The molecule has 1 unspecified atom stereocenters. The number of rotatable bonds is 5. The van der Waals surface area contributed by atoms with Gasteiger partial charge in [-0.15, -0.1) is 0 Å². The van der Waals surface area contributed by atoms with Crippen molar-refractivity contribution >= 4 is 17.5 Å². The van der Waals surface area contributed by atoms with E-state index in [0.717, 1.165) is 30.3 Å². The standard InChI is InChI=1S/C20H12ClF6N3O3/c21-14-2-1-9(3-15(14)24)16-7-13(18(32)28-8-17(31)20(25,26)27)19(33)30(29-16)12-5-10(22)4-11(23)6-12/h1-7,17,31H,8H2,(H,28,32). The molecule has 1 aromatic heterocycles. The smallest absolute Gasteiger partial charge is 0.382 e. The minimum Gasteiger partial charge on any atom is -0.382 e. The Hall–Kier alpha value is -3.38.